The lowest BCUT2D eigenvalue weighted by Gasteiger charge is -2.31. The summed E-state index contributed by atoms with van der Waals surface area (Å²) in [4.78, 5) is 28.4. The Morgan fingerprint density at radius 2 is 1.31 bits per heavy atom. The third-order valence-corrected chi connectivity index (χ3v) is 5.30. The van der Waals surface area contributed by atoms with Gasteiger partial charge in [0.05, 0.1) is 6.42 Å². The van der Waals surface area contributed by atoms with E-state index in [-0.39, 0.29) is 24.8 Å². The predicted molar refractivity (Wildman–Crippen MR) is 126 cm³/mol. The molecular weight excluding hydrogens is 400 g/mol. The van der Waals surface area contributed by atoms with Crippen molar-refractivity contribution < 1.29 is 14.7 Å². The van der Waals surface area contributed by atoms with Crippen LogP contribution in [0.5, 0.6) is 0 Å². The molecule has 3 aromatic carbocycles. The maximum absolute atomic E-state index is 13.5. The summed E-state index contributed by atoms with van der Waals surface area (Å²) in [6.45, 7) is 0.717. The zero-order chi connectivity index (χ0) is 22.6. The molecule has 1 atom stereocenters. The van der Waals surface area contributed by atoms with Gasteiger partial charge >= 0.3 is 0 Å². The van der Waals surface area contributed by atoms with Crippen molar-refractivity contribution in [3.8, 4) is 0 Å². The first kappa shape index (κ1) is 23.2. The van der Waals surface area contributed by atoms with Crippen molar-refractivity contribution in [1.82, 2.24) is 10.2 Å². The number of hydrogen-bond donors (Lipinski definition) is 2. The van der Waals surface area contributed by atoms with E-state index in [2.05, 4.69) is 5.32 Å². The molecule has 0 saturated heterocycles. The molecule has 2 amide bonds. The molecule has 0 fully saturated rings. The SMILES string of the molecule is O=C(NCCCO)C(Cc1ccccc1)N(Cc1ccccc1)C(=O)Cc1ccccc1. The molecule has 0 saturated carbocycles. The lowest BCUT2D eigenvalue weighted by molar-refractivity contribution is -0.140. The summed E-state index contributed by atoms with van der Waals surface area (Å²) in [6, 6.07) is 28.4. The zero-order valence-electron chi connectivity index (χ0n) is 18.2. The Labute approximate surface area is 189 Å². The topological polar surface area (TPSA) is 69.6 Å². The summed E-state index contributed by atoms with van der Waals surface area (Å²) in [5.41, 5.74) is 2.87. The quantitative estimate of drug-likeness (QED) is 0.458. The maximum Gasteiger partial charge on any atom is 0.243 e. The normalized spacial score (nSPS) is 11.5. The number of hydrogen-bond acceptors (Lipinski definition) is 3. The summed E-state index contributed by atoms with van der Waals surface area (Å²) in [6.07, 6.45) is 1.11. The van der Waals surface area contributed by atoms with E-state index in [1.807, 2.05) is 91.0 Å². The van der Waals surface area contributed by atoms with E-state index >= 15 is 0 Å². The molecule has 0 aromatic heterocycles. The minimum atomic E-state index is -0.660. The van der Waals surface area contributed by atoms with Gasteiger partial charge in [0.1, 0.15) is 6.04 Å². The first-order valence-electron chi connectivity index (χ1n) is 11.0. The highest BCUT2D eigenvalue weighted by Gasteiger charge is 2.30. The number of nitrogens with one attached hydrogen (secondary N) is 1. The van der Waals surface area contributed by atoms with Gasteiger partial charge in [-0.2, -0.15) is 0 Å². The van der Waals surface area contributed by atoms with E-state index < -0.39 is 6.04 Å². The Morgan fingerprint density at radius 3 is 1.88 bits per heavy atom. The number of aliphatic hydroxyl groups excluding tert-OH is 1. The van der Waals surface area contributed by atoms with Crippen LogP contribution in [-0.4, -0.2) is 41.0 Å². The highest BCUT2D eigenvalue weighted by molar-refractivity contribution is 5.88. The second kappa shape index (κ2) is 12.4. The van der Waals surface area contributed by atoms with Crippen LogP contribution < -0.4 is 5.32 Å². The van der Waals surface area contributed by atoms with Crippen LogP contribution >= 0.6 is 0 Å². The third-order valence-electron chi connectivity index (χ3n) is 5.30. The van der Waals surface area contributed by atoms with Crippen LogP contribution in [0.3, 0.4) is 0 Å². The molecule has 2 N–H and O–H groups in total. The summed E-state index contributed by atoms with van der Waals surface area (Å²) in [7, 11) is 0. The fourth-order valence-electron chi connectivity index (χ4n) is 3.61. The largest absolute Gasteiger partial charge is 0.396 e. The number of carbonyl (C=O) groups is 2. The molecule has 0 aliphatic heterocycles. The van der Waals surface area contributed by atoms with E-state index in [1.54, 1.807) is 4.90 Å². The monoisotopic (exact) mass is 430 g/mol. The molecule has 3 aromatic rings. The second-order valence-corrected chi connectivity index (χ2v) is 7.74. The van der Waals surface area contributed by atoms with Crippen LogP contribution in [0.1, 0.15) is 23.1 Å². The molecule has 166 valence electrons. The molecule has 5 nitrogen and oxygen atoms in total. The highest BCUT2D eigenvalue weighted by atomic mass is 16.3. The van der Waals surface area contributed by atoms with Gasteiger partial charge in [-0.1, -0.05) is 91.0 Å². The van der Waals surface area contributed by atoms with E-state index in [4.69, 9.17) is 5.11 Å². The molecule has 5 heteroatoms. The highest BCUT2D eigenvalue weighted by Crippen LogP contribution is 2.16. The fraction of sp³-hybridized carbons (Fsp3) is 0.259. The predicted octanol–water partition coefficient (Wildman–Crippen LogP) is 3.37. The van der Waals surface area contributed by atoms with Gasteiger partial charge in [0, 0.05) is 26.1 Å². The van der Waals surface area contributed by atoms with E-state index in [1.165, 1.54) is 0 Å². The first-order valence-corrected chi connectivity index (χ1v) is 11.0. The van der Waals surface area contributed by atoms with Crippen LogP contribution in [0.25, 0.3) is 0 Å². The Morgan fingerprint density at radius 1 is 0.781 bits per heavy atom. The molecule has 1 unspecified atom stereocenters. The van der Waals surface area contributed by atoms with Gasteiger partial charge in [0.2, 0.25) is 11.8 Å². The Hall–Kier alpha value is -3.44. The molecular formula is C27H30N2O3. The molecule has 0 bridgehead atoms. The standard InChI is InChI=1S/C27H30N2O3/c30-18-10-17-28-27(32)25(19-22-11-4-1-5-12-22)29(21-24-15-8-3-9-16-24)26(31)20-23-13-6-2-7-14-23/h1-9,11-16,25,30H,10,17-21H2,(H,28,32). The molecule has 0 radical (unpaired) electrons. The number of carbonyl (C=O) groups excluding carboxylic acids is 2. The molecule has 0 aliphatic rings. The average Bonchev–Trinajstić information content (AvgIpc) is 2.83. The van der Waals surface area contributed by atoms with E-state index in [0.29, 0.717) is 25.9 Å². The van der Waals surface area contributed by atoms with Crippen molar-refractivity contribution in [3.63, 3.8) is 0 Å². The van der Waals surface area contributed by atoms with Gasteiger partial charge in [-0.05, 0) is 23.1 Å². The van der Waals surface area contributed by atoms with Gasteiger partial charge in [0.15, 0.2) is 0 Å². The fourth-order valence-corrected chi connectivity index (χ4v) is 3.61. The summed E-state index contributed by atoms with van der Waals surface area (Å²) in [5.74, 6) is -0.307. The van der Waals surface area contributed by atoms with E-state index in [0.717, 1.165) is 16.7 Å². The lowest BCUT2D eigenvalue weighted by atomic mass is 10.0. The van der Waals surface area contributed by atoms with Crippen molar-refractivity contribution in [2.24, 2.45) is 0 Å². The van der Waals surface area contributed by atoms with Crippen LogP contribution in [0.2, 0.25) is 0 Å². The molecule has 0 spiro atoms. The Balaban J connectivity index is 1.90. The summed E-state index contributed by atoms with van der Waals surface area (Å²) < 4.78 is 0. The molecule has 32 heavy (non-hydrogen) atoms. The second-order valence-electron chi connectivity index (χ2n) is 7.74. The number of aliphatic hydroxyl groups is 1. The van der Waals surface area contributed by atoms with Crippen molar-refractivity contribution in [2.75, 3.05) is 13.2 Å². The van der Waals surface area contributed by atoms with Crippen LogP contribution in [0.4, 0.5) is 0 Å². The molecule has 3 rings (SSSR count). The number of benzene rings is 3. The minimum Gasteiger partial charge on any atom is -0.396 e. The van der Waals surface area contributed by atoms with Gasteiger partial charge in [-0.25, -0.2) is 0 Å². The lowest BCUT2D eigenvalue weighted by Crippen LogP contribution is -2.51. The number of amides is 2. The average molecular weight is 431 g/mol. The van der Waals surface area contributed by atoms with Crippen molar-refractivity contribution in [2.45, 2.75) is 31.8 Å². The van der Waals surface area contributed by atoms with Gasteiger partial charge in [-0.3, -0.25) is 9.59 Å². The maximum atomic E-state index is 13.5. The van der Waals surface area contributed by atoms with Gasteiger partial charge < -0.3 is 15.3 Å². The number of rotatable bonds is 11. The van der Waals surface area contributed by atoms with E-state index in [9.17, 15) is 9.59 Å². The van der Waals surface area contributed by atoms with Crippen molar-refractivity contribution >= 4 is 11.8 Å². The van der Waals surface area contributed by atoms with Crippen molar-refractivity contribution in [3.05, 3.63) is 108 Å². The number of nitrogens with zero attached hydrogens (tertiary/aromatic N) is 1. The van der Waals surface area contributed by atoms with Crippen molar-refractivity contribution in [1.29, 1.82) is 0 Å². The van der Waals surface area contributed by atoms with Crippen LogP contribution in [0, 0.1) is 0 Å². The zero-order valence-corrected chi connectivity index (χ0v) is 18.2. The Bertz CT molecular complexity index is 962. The first-order chi connectivity index (χ1) is 15.7. The van der Waals surface area contributed by atoms with Gasteiger partial charge in [-0.15, -0.1) is 0 Å². The Kier molecular flexibility index (Phi) is 9.02. The minimum absolute atomic E-state index is 0.00427. The van der Waals surface area contributed by atoms with Gasteiger partial charge in [0.25, 0.3) is 0 Å². The van der Waals surface area contributed by atoms with Crippen LogP contribution in [0.15, 0.2) is 91.0 Å². The smallest absolute Gasteiger partial charge is 0.243 e. The summed E-state index contributed by atoms with van der Waals surface area (Å²) >= 11 is 0. The molecule has 0 heterocycles. The van der Waals surface area contributed by atoms with Crippen LogP contribution in [-0.2, 0) is 29.0 Å². The third kappa shape index (κ3) is 7.06. The molecule has 0 aliphatic carbocycles. The summed E-state index contributed by atoms with van der Waals surface area (Å²) in [5, 5.41) is 12.0.